The molecule has 0 radical (unpaired) electrons. The molecule has 4 amide bonds. The van der Waals surface area contributed by atoms with Crippen LogP contribution in [-0.4, -0.2) is 43.7 Å². The summed E-state index contributed by atoms with van der Waals surface area (Å²) in [4.78, 5) is 37.4. The molecular formula is C22H34N4O4. The molecule has 8 heteroatoms. The Morgan fingerprint density at radius 1 is 1.10 bits per heavy atom. The van der Waals surface area contributed by atoms with E-state index in [9.17, 15) is 14.4 Å². The number of anilines is 1. The van der Waals surface area contributed by atoms with Gasteiger partial charge >= 0.3 is 18.0 Å². The molecule has 1 aromatic rings. The number of nitrogens with one attached hydrogen (secondary N) is 3. The number of urea groups is 2. The van der Waals surface area contributed by atoms with Crippen molar-refractivity contribution in [1.29, 1.82) is 0 Å². The minimum atomic E-state index is -0.358. The smallest absolute Gasteiger partial charge is 0.321 e. The van der Waals surface area contributed by atoms with Crippen LogP contribution < -0.4 is 25.6 Å². The highest BCUT2D eigenvalue weighted by Crippen LogP contribution is 2.19. The normalized spacial score (nSPS) is 14.1. The van der Waals surface area contributed by atoms with Crippen LogP contribution in [-0.2, 0) is 4.79 Å². The lowest BCUT2D eigenvalue weighted by molar-refractivity contribution is -0.134. The Hall–Kier alpha value is -2.77. The first kappa shape index (κ1) is 23.5. The fourth-order valence-corrected chi connectivity index (χ4v) is 3.30. The molecule has 0 heterocycles. The molecule has 3 N–H and O–H groups in total. The van der Waals surface area contributed by atoms with Gasteiger partial charge < -0.3 is 20.7 Å². The number of carbonyl (C=O) groups excluding carboxylic acids is 3. The van der Waals surface area contributed by atoms with E-state index in [1.54, 1.807) is 31.3 Å². The first-order valence-corrected chi connectivity index (χ1v) is 10.7. The number of esters is 1. The number of amides is 4. The predicted molar refractivity (Wildman–Crippen MR) is 117 cm³/mol. The van der Waals surface area contributed by atoms with Gasteiger partial charge in [0.25, 0.3) is 0 Å². The van der Waals surface area contributed by atoms with Crippen LogP contribution in [0.15, 0.2) is 24.3 Å². The zero-order chi connectivity index (χ0) is 21.9. The Bertz CT molecular complexity index is 700. The first-order chi connectivity index (χ1) is 14.3. The van der Waals surface area contributed by atoms with E-state index >= 15 is 0 Å². The molecule has 8 nitrogen and oxygen atoms in total. The number of carbonyl (C=O) groups is 3. The van der Waals surface area contributed by atoms with Crippen molar-refractivity contribution in [3.05, 3.63) is 24.3 Å². The van der Waals surface area contributed by atoms with Crippen molar-refractivity contribution in [2.75, 3.05) is 18.5 Å². The largest absolute Gasteiger partial charge is 0.427 e. The maximum Gasteiger partial charge on any atom is 0.321 e. The van der Waals surface area contributed by atoms with E-state index in [4.69, 9.17) is 4.74 Å². The highest BCUT2D eigenvalue weighted by atomic mass is 16.5. The average molecular weight is 419 g/mol. The molecule has 0 spiro atoms. The van der Waals surface area contributed by atoms with Gasteiger partial charge in [-0.2, -0.15) is 0 Å². The van der Waals surface area contributed by atoms with Gasteiger partial charge in [-0.1, -0.05) is 19.3 Å². The van der Waals surface area contributed by atoms with E-state index < -0.39 is 0 Å². The molecule has 0 aliphatic heterocycles. The Kier molecular flexibility index (Phi) is 9.44. The van der Waals surface area contributed by atoms with E-state index in [0.717, 1.165) is 12.8 Å². The van der Waals surface area contributed by atoms with Crippen LogP contribution >= 0.6 is 0 Å². The molecule has 1 aliphatic rings. The van der Waals surface area contributed by atoms with E-state index in [0.29, 0.717) is 24.4 Å². The van der Waals surface area contributed by atoms with Crippen molar-refractivity contribution in [3.8, 4) is 5.75 Å². The average Bonchev–Trinajstić information content (AvgIpc) is 2.71. The van der Waals surface area contributed by atoms with Gasteiger partial charge in [0.2, 0.25) is 0 Å². The van der Waals surface area contributed by atoms with Crippen molar-refractivity contribution in [2.24, 2.45) is 0 Å². The van der Waals surface area contributed by atoms with Gasteiger partial charge in [0, 0.05) is 37.8 Å². The zero-order valence-corrected chi connectivity index (χ0v) is 18.2. The Morgan fingerprint density at radius 3 is 2.40 bits per heavy atom. The molecular weight excluding hydrogens is 384 g/mol. The van der Waals surface area contributed by atoms with Crippen LogP contribution in [0.1, 0.15) is 58.8 Å². The third-order valence-electron chi connectivity index (χ3n) is 4.96. The number of rotatable bonds is 8. The standard InChI is InChI=1S/C22H34N4O4/c1-16(2)24-22(29)26(3)18-11-13-19(14-12-18)30-20(27)10-7-15-23-21(28)25-17-8-5-4-6-9-17/h11-14,16-17H,4-10,15H2,1-3H3,(H,24,29)(H2,23,25,28). The number of benzene rings is 1. The second kappa shape index (κ2) is 12.0. The van der Waals surface area contributed by atoms with Crippen LogP contribution in [0.25, 0.3) is 0 Å². The Labute approximate surface area is 178 Å². The molecule has 0 aromatic heterocycles. The number of hydrogen-bond acceptors (Lipinski definition) is 4. The summed E-state index contributed by atoms with van der Waals surface area (Å²) in [5.74, 6) is 0.0626. The quantitative estimate of drug-likeness (QED) is 0.341. The molecule has 1 fully saturated rings. The van der Waals surface area contributed by atoms with Gasteiger partial charge in [-0.15, -0.1) is 0 Å². The predicted octanol–water partition coefficient (Wildman–Crippen LogP) is 3.56. The lowest BCUT2D eigenvalue weighted by atomic mass is 9.96. The third-order valence-corrected chi connectivity index (χ3v) is 4.96. The second-order valence-electron chi connectivity index (χ2n) is 7.97. The summed E-state index contributed by atoms with van der Waals surface area (Å²) < 4.78 is 5.32. The molecule has 1 aromatic carbocycles. The van der Waals surface area contributed by atoms with Gasteiger partial charge in [-0.3, -0.25) is 9.69 Å². The fourth-order valence-electron chi connectivity index (χ4n) is 3.30. The van der Waals surface area contributed by atoms with Crippen molar-refractivity contribution in [1.82, 2.24) is 16.0 Å². The lowest BCUT2D eigenvalue weighted by Crippen LogP contribution is -2.43. The van der Waals surface area contributed by atoms with Crippen molar-refractivity contribution in [2.45, 2.75) is 70.9 Å². The van der Waals surface area contributed by atoms with Crippen molar-refractivity contribution < 1.29 is 19.1 Å². The second-order valence-corrected chi connectivity index (χ2v) is 7.97. The topological polar surface area (TPSA) is 99.8 Å². The molecule has 1 saturated carbocycles. The molecule has 166 valence electrons. The monoisotopic (exact) mass is 418 g/mol. The lowest BCUT2D eigenvalue weighted by Gasteiger charge is -2.22. The van der Waals surface area contributed by atoms with Crippen LogP contribution in [0.4, 0.5) is 15.3 Å². The van der Waals surface area contributed by atoms with E-state index in [1.165, 1.54) is 24.2 Å². The maximum absolute atomic E-state index is 12.0. The Morgan fingerprint density at radius 2 is 1.77 bits per heavy atom. The highest BCUT2D eigenvalue weighted by molar-refractivity contribution is 5.91. The summed E-state index contributed by atoms with van der Waals surface area (Å²) in [6.45, 7) is 4.21. The molecule has 0 atom stereocenters. The maximum atomic E-state index is 12.0. The number of nitrogens with zero attached hydrogens (tertiary/aromatic N) is 1. The SMILES string of the molecule is CC(C)NC(=O)N(C)c1ccc(OC(=O)CCCNC(=O)NC2CCCCC2)cc1. The Balaban J connectivity index is 1.65. The van der Waals surface area contributed by atoms with Crippen molar-refractivity contribution in [3.63, 3.8) is 0 Å². The molecule has 0 saturated heterocycles. The third kappa shape index (κ3) is 8.31. The highest BCUT2D eigenvalue weighted by Gasteiger charge is 2.15. The molecule has 0 unspecified atom stereocenters. The van der Waals surface area contributed by atoms with Crippen molar-refractivity contribution >= 4 is 23.7 Å². The first-order valence-electron chi connectivity index (χ1n) is 10.7. The van der Waals surface area contributed by atoms with Crippen LogP contribution in [0.5, 0.6) is 5.75 Å². The van der Waals surface area contributed by atoms with E-state index in [1.807, 2.05) is 13.8 Å². The van der Waals surface area contributed by atoms with Crippen LogP contribution in [0.3, 0.4) is 0 Å². The van der Waals surface area contributed by atoms with Gasteiger partial charge in [0.15, 0.2) is 0 Å². The minimum absolute atomic E-state index is 0.0491. The number of hydrogen-bond donors (Lipinski definition) is 3. The van der Waals surface area contributed by atoms with Gasteiger partial charge in [-0.05, 0) is 57.4 Å². The van der Waals surface area contributed by atoms with Crippen LogP contribution in [0.2, 0.25) is 0 Å². The summed E-state index contributed by atoms with van der Waals surface area (Å²) in [7, 11) is 1.68. The van der Waals surface area contributed by atoms with E-state index in [2.05, 4.69) is 16.0 Å². The summed E-state index contributed by atoms with van der Waals surface area (Å²) in [5, 5.41) is 8.59. The molecule has 1 aliphatic carbocycles. The summed E-state index contributed by atoms with van der Waals surface area (Å²) in [5.41, 5.74) is 0.695. The van der Waals surface area contributed by atoms with Gasteiger partial charge in [0.05, 0.1) is 0 Å². The molecule has 30 heavy (non-hydrogen) atoms. The van der Waals surface area contributed by atoms with E-state index in [-0.39, 0.29) is 36.5 Å². The summed E-state index contributed by atoms with van der Waals surface area (Å²) >= 11 is 0. The molecule has 2 rings (SSSR count). The molecule has 0 bridgehead atoms. The zero-order valence-electron chi connectivity index (χ0n) is 18.2. The van der Waals surface area contributed by atoms with Gasteiger partial charge in [0.1, 0.15) is 5.75 Å². The van der Waals surface area contributed by atoms with Gasteiger partial charge in [-0.25, -0.2) is 9.59 Å². The summed E-state index contributed by atoms with van der Waals surface area (Å²) in [6, 6.07) is 6.70. The number of ether oxygens (including phenoxy) is 1. The minimum Gasteiger partial charge on any atom is -0.427 e. The summed E-state index contributed by atoms with van der Waals surface area (Å²) in [6.07, 6.45) is 6.37. The fraction of sp³-hybridized carbons (Fsp3) is 0.591. The van der Waals surface area contributed by atoms with Crippen LogP contribution in [0, 0.1) is 0 Å².